The van der Waals surface area contributed by atoms with Crippen LogP contribution in [0.3, 0.4) is 0 Å². The number of hydrogen-bond acceptors (Lipinski definition) is 5. The van der Waals surface area contributed by atoms with Gasteiger partial charge < -0.3 is 10.1 Å². The van der Waals surface area contributed by atoms with Gasteiger partial charge in [-0.1, -0.05) is 11.6 Å². The Morgan fingerprint density at radius 2 is 1.93 bits per heavy atom. The van der Waals surface area contributed by atoms with Crippen LogP contribution in [0.1, 0.15) is 35.2 Å². The Bertz CT molecular complexity index is 882. The SMILES string of the molecule is C[C@H]1C(=O)Nc2ccc(C(=O)COC(=O)CCSc3ccc(Cl)cc3)cc21. The van der Waals surface area contributed by atoms with Crippen LogP contribution in [0.2, 0.25) is 5.02 Å². The van der Waals surface area contributed by atoms with E-state index in [-0.39, 0.29) is 30.6 Å². The fourth-order valence-corrected chi connectivity index (χ4v) is 3.63. The van der Waals surface area contributed by atoms with Gasteiger partial charge in [0.1, 0.15) is 0 Å². The van der Waals surface area contributed by atoms with E-state index in [1.807, 2.05) is 12.1 Å². The molecular weight excluding hydrogens is 386 g/mol. The number of thioether (sulfide) groups is 1. The summed E-state index contributed by atoms with van der Waals surface area (Å²) in [5.41, 5.74) is 1.94. The Labute approximate surface area is 166 Å². The Morgan fingerprint density at radius 3 is 2.67 bits per heavy atom. The highest BCUT2D eigenvalue weighted by atomic mass is 35.5. The number of carbonyl (C=O) groups excluding carboxylic acids is 3. The van der Waals surface area contributed by atoms with E-state index >= 15 is 0 Å². The predicted molar refractivity (Wildman–Crippen MR) is 106 cm³/mol. The van der Waals surface area contributed by atoms with Crippen LogP contribution in [0.4, 0.5) is 5.69 Å². The van der Waals surface area contributed by atoms with Gasteiger partial charge in [-0.25, -0.2) is 0 Å². The number of benzene rings is 2. The molecule has 140 valence electrons. The van der Waals surface area contributed by atoms with Gasteiger partial charge in [-0.2, -0.15) is 0 Å². The third-order valence-electron chi connectivity index (χ3n) is 4.24. The summed E-state index contributed by atoms with van der Waals surface area (Å²) >= 11 is 7.35. The van der Waals surface area contributed by atoms with Gasteiger partial charge in [0.05, 0.1) is 12.3 Å². The Kier molecular flexibility index (Phi) is 6.19. The molecule has 1 N–H and O–H groups in total. The van der Waals surface area contributed by atoms with Crippen LogP contribution in [0.25, 0.3) is 0 Å². The average molecular weight is 404 g/mol. The zero-order valence-corrected chi connectivity index (χ0v) is 16.2. The number of esters is 1. The third kappa shape index (κ3) is 4.90. The van der Waals surface area contributed by atoms with Crippen molar-refractivity contribution in [2.75, 3.05) is 17.7 Å². The van der Waals surface area contributed by atoms with Crippen LogP contribution in [0, 0.1) is 0 Å². The summed E-state index contributed by atoms with van der Waals surface area (Å²) in [4.78, 5) is 36.8. The molecular formula is C20H18ClNO4S. The highest BCUT2D eigenvalue weighted by molar-refractivity contribution is 7.99. The smallest absolute Gasteiger partial charge is 0.307 e. The van der Waals surface area contributed by atoms with Crippen LogP contribution in [0.5, 0.6) is 0 Å². The third-order valence-corrected chi connectivity index (χ3v) is 5.51. The second kappa shape index (κ2) is 8.59. The summed E-state index contributed by atoms with van der Waals surface area (Å²) in [6.07, 6.45) is 0.209. The predicted octanol–water partition coefficient (Wildman–Crippen LogP) is 4.30. The molecule has 1 amide bonds. The Hall–Kier alpha value is -2.31. The highest BCUT2D eigenvalue weighted by Crippen LogP contribution is 2.32. The summed E-state index contributed by atoms with van der Waals surface area (Å²) in [7, 11) is 0. The molecule has 0 bridgehead atoms. The second-order valence-electron chi connectivity index (χ2n) is 6.15. The number of amides is 1. The molecule has 1 aliphatic rings. The molecule has 0 spiro atoms. The van der Waals surface area contributed by atoms with Crippen LogP contribution in [-0.4, -0.2) is 30.0 Å². The summed E-state index contributed by atoms with van der Waals surface area (Å²) in [6, 6.07) is 12.4. The van der Waals surface area contributed by atoms with Gasteiger partial charge >= 0.3 is 5.97 Å². The van der Waals surface area contributed by atoms with Crippen LogP contribution >= 0.6 is 23.4 Å². The zero-order valence-electron chi connectivity index (χ0n) is 14.7. The van der Waals surface area contributed by atoms with E-state index < -0.39 is 5.97 Å². The number of hydrogen-bond donors (Lipinski definition) is 1. The molecule has 0 saturated heterocycles. The van der Waals surface area contributed by atoms with E-state index in [1.165, 1.54) is 11.8 Å². The lowest BCUT2D eigenvalue weighted by Crippen LogP contribution is -2.14. The molecule has 0 fully saturated rings. The van der Waals surface area contributed by atoms with Crippen molar-refractivity contribution in [2.24, 2.45) is 0 Å². The van der Waals surface area contributed by atoms with E-state index in [9.17, 15) is 14.4 Å². The lowest BCUT2D eigenvalue weighted by Gasteiger charge is -2.07. The molecule has 1 aliphatic heterocycles. The van der Waals surface area contributed by atoms with Gasteiger partial charge in [-0.3, -0.25) is 14.4 Å². The summed E-state index contributed by atoms with van der Waals surface area (Å²) in [5.74, 6) is -0.530. The van der Waals surface area contributed by atoms with Crippen molar-refractivity contribution in [3.63, 3.8) is 0 Å². The molecule has 1 heterocycles. The topological polar surface area (TPSA) is 72.5 Å². The first-order chi connectivity index (χ1) is 12.9. The maximum absolute atomic E-state index is 12.3. The molecule has 1 atom stereocenters. The normalized spacial score (nSPS) is 15.2. The molecule has 0 aromatic heterocycles. The first kappa shape index (κ1) is 19.5. The van der Waals surface area contributed by atoms with Crippen LogP contribution in [0.15, 0.2) is 47.4 Å². The summed E-state index contributed by atoms with van der Waals surface area (Å²) in [5, 5.41) is 3.42. The van der Waals surface area contributed by atoms with Crippen molar-refractivity contribution >= 4 is 46.7 Å². The van der Waals surface area contributed by atoms with Gasteiger partial charge in [0.2, 0.25) is 5.91 Å². The minimum Gasteiger partial charge on any atom is -0.457 e. The van der Waals surface area contributed by atoms with Gasteiger partial charge in [-0.05, 0) is 55.0 Å². The maximum Gasteiger partial charge on any atom is 0.307 e. The van der Waals surface area contributed by atoms with Crippen LogP contribution in [-0.2, 0) is 14.3 Å². The van der Waals surface area contributed by atoms with E-state index in [2.05, 4.69) is 5.32 Å². The molecule has 27 heavy (non-hydrogen) atoms. The van der Waals surface area contributed by atoms with Crippen molar-refractivity contribution in [3.05, 3.63) is 58.6 Å². The largest absolute Gasteiger partial charge is 0.457 e. The van der Waals surface area contributed by atoms with Crippen molar-refractivity contribution in [1.82, 2.24) is 0 Å². The van der Waals surface area contributed by atoms with E-state index in [0.717, 1.165) is 16.1 Å². The number of rotatable bonds is 7. The van der Waals surface area contributed by atoms with Crippen molar-refractivity contribution < 1.29 is 19.1 Å². The van der Waals surface area contributed by atoms with Crippen molar-refractivity contribution in [1.29, 1.82) is 0 Å². The van der Waals surface area contributed by atoms with E-state index in [1.54, 1.807) is 37.3 Å². The molecule has 2 aromatic rings. The quantitative estimate of drug-likeness (QED) is 0.424. The fraction of sp³-hybridized carbons (Fsp3) is 0.250. The number of halogens is 1. The molecule has 0 unspecified atom stereocenters. The number of ether oxygens (including phenoxy) is 1. The average Bonchev–Trinajstić information content (AvgIpc) is 2.95. The second-order valence-corrected chi connectivity index (χ2v) is 7.75. The van der Waals surface area contributed by atoms with Gasteiger partial charge in [0.15, 0.2) is 12.4 Å². The standard InChI is InChI=1S/C20H18ClNO4S/c1-12-16-10-13(2-7-17(16)22-20(12)25)18(23)11-26-19(24)8-9-27-15-5-3-14(21)4-6-15/h2-7,10,12H,8-9,11H2,1H3,(H,22,25)/t12-/m1/s1. The molecule has 3 rings (SSSR count). The van der Waals surface area contributed by atoms with Crippen LogP contribution < -0.4 is 5.32 Å². The number of Topliss-reactive ketones (excluding diaryl/α,β-unsaturated/α-hetero) is 1. The van der Waals surface area contributed by atoms with Gasteiger partial charge in [-0.15, -0.1) is 11.8 Å². The number of anilines is 1. The Morgan fingerprint density at radius 1 is 1.19 bits per heavy atom. The van der Waals surface area contributed by atoms with E-state index in [0.29, 0.717) is 16.3 Å². The molecule has 5 nitrogen and oxygen atoms in total. The summed E-state index contributed by atoms with van der Waals surface area (Å²) in [6.45, 7) is 1.48. The number of carbonyl (C=O) groups is 3. The maximum atomic E-state index is 12.3. The molecule has 0 aliphatic carbocycles. The van der Waals surface area contributed by atoms with E-state index in [4.69, 9.17) is 16.3 Å². The van der Waals surface area contributed by atoms with Crippen molar-refractivity contribution in [3.8, 4) is 0 Å². The molecule has 7 heteroatoms. The number of fused-ring (bicyclic) bond motifs is 1. The van der Waals surface area contributed by atoms with Crippen molar-refractivity contribution in [2.45, 2.75) is 24.2 Å². The Balaban J connectivity index is 1.45. The highest BCUT2D eigenvalue weighted by Gasteiger charge is 2.27. The van der Waals surface area contributed by atoms with Gasteiger partial charge in [0.25, 0.3) is 0 Å². The lowest BCUT2D eigenvalue weighted by molar-refractivity contribution is -0.142. The monoisotopic (exact) mass is 403 g/mol. The number of ketones is 1. The first-order valence-corrected chi connectivity index (χ1v) is 9.82. The lowest BCUT2D eigenvalue weighted by atomic mass is 9.99. The summed E-state index contributed by atoms with van der Waals surface area (Å²) < 4.78 is 5.08. The fourth-order valence-electron chi connectivity index (χ4n) is 2.68. The van der Waals surface area contributed by atoms with Gasteiger partial charge in [0, 0.05) is 26.9 Å². The molecule has 0 saturated carbocycles. The minimum absolute atomic E-state index is 0.0841. The minimum atomic E-state index is -0.420. The molecule has 2 aromatic carbocycles. The molecule has 0 radical (unpaired) electrons. The zero-order chi connectivity index (χ0) is 19.4. The number of nitrogens with one attached hydrogen (secondary N) is 1. The first-order valence-electron chi connectivity index (χ1n) is 8.46.